The van der Waals surface area contributed by atoms with Crippen LogP contribution in [-0.4, -0.2) is 79.8 Å². The molecule has 0 bridgehead atoms. The number of ether oxygens (including phenoxy) is 3. The molecule has 1 heterocycles. The highest BCUT2D eigenvalue weighted by molar-refractivity contribution is 7.90. The zero-order valence-electron chi connectivity index (χ0n) is 23.1. The van der Waals surface area contributed by atoms with E-state index in [1.54, 1.807) is 30.3 Å². The van der Waals surface area contributed by atoms with Crippen molar-refractivity contribution in [1.82, 2.24) is 16.0 Å². The van der Waals surface area contributed by atoms with Crippen LogP contribution in [0.1, 0.15) is 46.9 Å². The second-order valence-corrected chi connectivity index (χ2v) is 12.3. The van der Waals surface area contributed by atoms with Gasteiger partial charge in [-0.2, -0.15) is 0 Å². The van der Waals surface area contributed by atoms with E-state index in [4.69, 9.17) is 21.1 Å². The third kappa shape index (κ3) is 9.74. The largest absolute Gasteiger partial charge is 0.453 e. The molecule has 2 amide bonds. The highest BCUT2D eigenvalue weighted by Gasteiger charge is 2.23. The second-order valence-electron chi connectivity index (χ2n) is 9.80. The summed E-state index contributed by atoms with van der Waals surface area (Å²) in [6.07, 6.45) is 2.71. The molecular weight excluding hydrogens is 558 g/mol. The predicted octanol–water partition coefficient (Wildman–Crippen LogP) is 3.34. The van der Waals surface area contributed by atoms with E-state index >= 15 is 0 Å². The highest BCUT2D eigenvalue weighted by Crippen LogP contribution is 2.30. The molecule has 1 aliphatic rings. The number of carbonyl (C=O) groups excluding carboxylic acids is 2. The molecule has 220 valence electrons. The van der Waals surface area contributed by atoms with Gasteiger partial charge in [0.15, 0.2) is 9.84 Å². The first-order chi connectivity index (χ1) is 19.1. The van der Waals surface area contributed by atoms with E-state index in [0.29, 0.717) is 35.2 Å². The van der Waals surface area contributed by atoms with Crippen molar-refractivity contribution in [2.75, 3.05) is 53.3 Å². The van der Waals surface area contributed by atoms with Gasteiger partial charge in [0.25, 0.3) is 5.91 Å². The molecule has 10 nitrogen and oxygen atoms in total. The Morgan fingerprint density at radius 2 is 1.95 bits per heavy atom. The molecule has 1 aliphatic heterocycles. The average Bonchev–Trinajstić information content (AvgIpc) is 2.94. The molecule has 3 rings (SSSR count). The van der Waals surface area contributed by atoms with Gasteiger partial charge >= 0.3 is 6.09 Å². The molecular formula is C28H38ClN3O7S. The first-order valence-corrected chi connectivity index (χ1v) is 15.4. The fourth-order valence-electron chi connectivity index (χ4n) is 4.59. The summed E-state index contributed by atoms with van der Waals surface area (Å²) in [4.78, 5) is 24.7. The van der Waals surface area contributed by atoms with Crippen molar-refractivity contribution in [3.63, 3.8) is 0 Å². The van der Waals surface area contributed by atoms with Crippen LogP contribution in [0, 0.1) is 5.92 Å². The van der Waals surface area contributed by atoms with Crippen molar-refractivity contribution in [3.8, 4) is 0 Å². The highest BCUT2D eigenvalue weighted by atomic mass is 35.5. The van der Waals surface area contributed by atoms with Gasteiger partial charge in [0, 0.05) is 49.2 Å². The summed E-state index contributed by atoms with van der Waals surface area (Å²) in [5.41, 5.74) is 1.31. The van der Waals surface area contributed by atoms with Crippen molar-refractivity contribution in [3.05, 3.63) is 64.2 Å². The van der Waals surface area contributed by atoms with Crippen molar-refractivity contribution in [2.45, 2.75) is 36.3 Å². The molecule has 2 aromatic rings. The van der Waals surface area contributed by atoms with Gasteiger partial charge in [-0.05, 0) is 73.7 Å². The number of halogens is 1. The normalized spacial score (nSPS) is 17.1. The lowest BCUT2D eigenvalue weighted by atomic mass is 9.94. The van der Waals surface area contributed by atoms with Crippen LogP contribution in [0.25, 0.3) is 0 Å². The lowest BCUT2D eigenvalue weighted by Crippen LogP contribution is -2.41. The van der Waals surface area contributed by atoms with E-state index < -0.39 is 27.9 Å². The zero-order valence-corrected chi connectivity index (χ0v) is 24.6. The van der Waals surface area contributed by atoms with E-state index in [-0.39, 0.29) is 29.7 Å². The molecule has 0 aliphatic carbocycles. The summed E-state index contributed by atoms with van der Waals surface area (Å²) >= 11 is 6.24. The van der Waals surface area contributed by atoms with E-state index in [9.17, 15) is 18.0 Å². The van der Waals surface area contributed by atoms with Crippen molar-refractivity contribution >= 4 is 33.4 Å². The van der Waals surface area contributed by atoms with E-state index in [2.05, 4.69) is 20.7 Å². The van der Waals surface area contributed by atoms with Crippen molar-refractivity contribution in [2.24, 2.45) is 5.92 Å². The Kier molecular flexibility index (Phi) is 12.2. The minimum atomic E-state index is -3.66. The third-order valence-electron chi connectivity index (χ3n) is 6.70. The summed E-state index contributed by atoms with van der Waals surface area (Å²) in [5, 5.41) is 9.21. The Bertz CT molecular complexity index is 1250. The standard InChI is InChI=1S/C28H38ClN3O7S/c1-30-24(12-19-6-5-10-38-18-19)17-32-27(33)22-13-21(15-25(16-22)40(3,35)36)26(20-7-4-8-23(29)14-20)39-11-9-31-28(34)37-2/h4,7-8,13-16,19,24,26,30H,5-6,9-12,17-18H2,1-3H3,(H,31,34)(H,32,33)/t19-,24+,26?/m1/s1. The zero-order chi connectivity index (χ0) is 29.1. The smallest absolute Gasteiger partial charge is 0.406 e. The summed E-state index contributed by atoms with van der Waals surface area (Å²) < 4.78 is 41.4. The maximum Gasteiger partial charge on any atom is 0.406 e. The number of alkyl carbamates (subject to hydrolysis) is 1. The quantitative estimate of drug-likeness (QED) is 0.300. The first-order valence-electron chi connectivity index (χ1n) is 13.2. The average molecular weight is 596 g/mol. The van der Waals surface area contributed by atoms with Crippen LogP contribution >= 0.6 is 11.6 Å². The first kappa shape index (κ1) is 31.8. The number of amides is 2. The molecule has 1 saturated heterocycles. The van der Waals surface area contributed by atoms with Gasteiger partial charge in [-0.1, -0.05) is 23.7 Å². The molecule has 3 atom stereocenters. The van der Waals surface area contributed by atoms with Crippen LogP contribution in [0.15, 0.2) is 47.4 Å². The van der Waals surface area contributed by atoms with Crippen LogP contribution in [0.4, 0.5) is 4.79 Å². The lowest BCUT2D eigenvalue weighted by Gasteiger charge is -2.26. The monoisotopic (exact) mass is 595 g/mol. The number of hydrogen-bond acceptors (Lipinski definition) is 8. The Morgan fingerprint density at radius 1 is 1.15 bits per heavy atom. The fourth-order valence-corrected chi connectivity index (χ4v) is 5.48. The molecule has 3 N–H and O–H groups in total. The molecule has 0 aromatic heterocycles. The van der Waals surface area contributed by atoms with Crippen LogP contribution in [0.2, 0.25) is 5.02 Å². The van der Waals surface area contributed by atoms with Crippen molar-refractivity contribution < 1.29 is 32.2 Å². The predicted molar refractivity (Wildman–Crippen MR) is 153 cm³/mol. The number of hydrogen-bond donors (Lipinski definition) is 3. The van der Waals surface area contributed by atoms with Crippen LogP contribution in [0.3, 0.4) is 0 Å². The van der Waals surface area contributed by atoms with Crippen LogP contribution < -0.4 is 16.0 Å². The van der Waals surface area contributed by atoms with Gasteiger partial charge in [0.05, 0.1) is 18.6 Å². The number of carbonyl (C=O) groups is 2. The second kappa shape index (κ2) is 15.3. The summed E-state index contributed by atoms with van der Waals surface area (Å²) in [6.45, 7) is 2.12. The summed E-state index contributed by atoms with van der Waals surface area (Å²) in [7, 11) is -0.548. The molecule has 40 heavy (non-hydrogen) atoms. The Labute approximate surface area is 241 Å². The number of likely N-dealkylation sites (N-methyl/N-ethyl adjacent to an activating group) is 1. The minimum Gasteiger partial charge on any atom is -0.453 e. The lowest BCUT2D eigenvalue weighted by molar-refractivity contribution is 0.0478. The molecule has 0 saturated carbocycles. The molecule has 12 heteroatoms. The Balaban J connectivity index is 1.85. The Hall–Kier alpha value is -2.70. The maximum atomic E-state index is 13.3. The van der Waals surface area contributed by atoms with E-state index in [1.807, 2.05) is 7.05 Å². The molecule has 0 radical (unpaired) electrons. The minimum absolute atomic E-state index is 0.0111. The van der Waals surface area contributed by atoms with Crippen LogP contribution in [0.5, 0.6) is 0 Å². The number of benzene rings is 2. The van der Waals surface area contributed by atoms with Gasteiger partial charge in [0.1, 0.15) is 6.10 Å². The van der Waals surface area contributed by atoms with Gasteiger partial charge in [-0.25, -0.2) is 13.2 Å². The maximum absolute atomic E-state index is 13.3. The molecule has 0 spiro atoms. The molecule has 1 fully saturated rings. The SMILES string of the molecule is CN[C@H](CNC(=O)c1cc(C(OCCNC(=O)OC)c2cccc(Cl)c2)cc(S(C)(=O)=O)c1)C[C@H]1CCCOC1. The van der Waals surface area contributed by atoms with Gasteiger partial charge in [0.2, 0.25) is 0 Å². The summed E-state index contributed by atoms with van der Waals surface area (Å²) in [5.74, 6) is 0.0247. The number of methoxy groups -OCH3 is 1. The number of rotatable bonds is 13. The van der Waals surface area contributed by atoms with E-state index in [1.165, 1.54) is 19.2 Å². The van der Waals surface area contributed by atoms with Crippen LogP contribution in [-0.2, 0) is 24.0 Å². The van der Waals surface area contributed by atoms with Gasteiger partial charge in [-0.3, -0.25) is 4.79 Å². The Morgan fingerprint density at radius 3 is 2.60 bits per heavy atom. The summed E-state index contributed by atoms with van der Waals surface area (Å²) in [6, 6.07) is 11.5. The van der Waals surface area contributed by atoms with Gasteiger partial charge in [-0.15, -0.1) is 0 Å². The topological polar surface area (TPSA) is 132 Å². The number of nitrogens with one attached hydrogen (secondary N) is 3. The molecule has 1 unspecified atom stereocenters. The number of sulfone groups is 1. The van der Waals surface area contributed by atoms with Crippen molar-refractivity contribution in [1.29, 1.82) is 0 Å². The molecule has 2 aromatic carbocycles. The van der Waals surface area contributed by atoms with Gasteiger partial charge < -0.3 is 30.2 Å². The fraction of sp³-hybridized carbons (Fsp3) is 0.500. The van der Waals surface area contributed by atoms with E-state index in [0.717, 1.165) is 32.1 Å². The third-order valence-corrected chi connectivity index (χ3v) is 8.03.